The number of cyclic esters (lactones) is 1. The summed E-state index contributed by atoms with van der Waals surface area (Å²) in [6.07, 6.45) is 1.22. The molecule has 0 radical (unpaired) electrons. The number of rotatable bonds is 5. The Balaban J connectivity index is 1.72. The van der Waals surface area contributed by atoms with E-state index in [1.807, 2.05) is 31.2 Å². The van der Waals surface area contributed by atoms with E-state index in [1.54, 1.807) is 12.3 Å². The highest BCUT2D eigenvalue weighted by Crippen LogP contribution is 2.20. The fourth-order valence-electron chi connectivity index (χ4n) is 2.36. The monoisotopic (exact) mass is 314 g/mol. The standard InChI is InChI=1S/C16H18N4O3/c1-11(13-4-2-12(10-21)3-5-13)18-15-17-7-6-14(19-15)20-8-9-23-16(20)22/h2-7,11,21H,8-10H2,1H3,(H,17,18,19)/t11-/m0/s1. The summed E-state index contributed by atoms with van der Waals surface area (Å²) in [4.78, 5) is 21.6. The molecule has 1 aromatic carbocycles. The van der Waals surface area contributed by atoms with Gasteiger partial charge in [-0.3, -0.25) is 4.90 Å². The molecule has 7 heteroatoms. The Labute approximate surface area is 133 Å². The van der Waals surface area contributed by atoms with Gasteiger partial charge in [-0.2, -0.15) is 4.98 Å². The Hall–Kier alpha value is -2.67. The largest absolute Gasteiger partial charge is 0.447 e. The third-order valence-electron chi connectivity index (χ3n) is 3.69. The SMILES string of the molecule is C[C@H](Nc1nccc(N2CCOC2=O)n1)c1ccc(CO)cc1. The molecular weight excluding hydrogens is 296 g/mol. The highest BCUT2D eigenvalue weighted by atomic mass is 16.6. The first kappa shape index (κ1) is 15.2. The molecule has 2 heterocycles. The van der Waals surface area contributed by atoms with E-state index >= 15 is 0 Å². The van der Waals surface area contributed by atoms with Gasteiger partial charge in [0.15, 0.2) is 0 Å². The molecule has 1 aliphatic rings. The summed E-state index contributed by atoms with van der Waals surface area (Å²) in [6.45, 7) is 2.89. The molecule has 1 aliphatic heterocycles. The van der Waals surface area contributed by atoms with E-state index in [0.717, 1.165) is 11.1 Å². The number of ether oxygens (including phenoxy) is 1. The maximum Gasteiger partial charge on any atom is 0.415 e. The van der Waals surface area contributed by atoms with Crippen LogP contribution in [-0.2, 0) is 11.3 Å². The Morgan fingerprint density at radius 2 is 2.13 bits per heavy atom. The Morgan fingerprint density at radius 3 is 2.78 bits per heavy atom. The van der Waals surface area contributed by atoms with Gasteiger partial charge in [-0.05, 0) is 24.1 Å². The normalized spacial score (nSPS) is 15.4. The Morgan fingerprint density at radius 1 is 1.35 bits per heavy atom. The highest BCUT2D eigenvalue weighted by molar-refractivity contribution is 5.88. The summed E-state index contributed by atoms with van der Waals surface area (Å²) < 4.78 is 4.92. The van der Waals surface area contributed by atoms with Crippen LogP contribution in [0.4, 0.5) is 16.6 Å². The summed E-state index contributed by atoms with van der Waals surface area (Å²) in [5.74, 6) is 0.966. The van der Waals surface area contributed by atoms with Crippen molar-refractivity contribution in [2.45, 2.75) is 19.6 Å². The third kappa shape index (κ3) is 3.40. The van der Waals surface area contributed by atoms with Crippen molar-refractivity contribution in [3.05, 3.63) is 47.7 Å². The minimum Gasteiger partial charge on any atom is -0.447 e. The fourth-order valence-corrected chi connectivity index (χ4v) is 2.36. The minimum absolute atomic E-state index is 0.0106. The molecule has 0 bridgehead atoms. The van der Waals surface area contributed by atoms with Crippen LogP contribution in [0.2, 0.25) is 0 Å². The lowest BCUT2D eigenvalue weighted by atomic mass is 10.1. The van der Waals surface area contributed by atoms with Crippen LogP contribution in [0.25, 0.3) is 0 Å². The van der Waals surface area contributed by atoms with Crippen LogP contribution in [0, 0.1) is 0 Å². The van der Waals surface area contributed by atoms with Crippen molar-refractivity contribution in [1.82, 2.24) is 9.97 Å². The summed E-state index contributed by atoms with van der Waals surface area (Å²) in [5, 5.41) is 12.3. The molecule has 23 heavy (non-hydrogen) atoms. The first-order valence-electron chi connectivity index (χ1n) is 7.41. The van der Waals surface area contributed by atoms with E-state index in [0.29, 0.717) is 24.9 Å². The number of carbonyl (C=O) groups is 1. The van der Waals surface area contributed by atoms with Gasteiger partial charge in [0, 0.05) is 6.20 Å². The molecule has 1 atom stereocenters. The van der Waals surface area contributed by atoms with Crippen molar-refractivity contribution in [2.24, 2.45) is 0 Å². The lowest BCUT2D eigenvalue weighted by Crippen LogP contribution is -2.25. The van der Waals surface area contributed by atoms with Crippen molar-refractivity contribution in [1.29, 1.82) is 0 Å². The van der Waals surface area contributed by atoms with E-state index in [4.69, 9.17) is 9.84 Å². The second-order valence-corrected chi connectivity index (χ2v) is 5.27. The summed E-state index contributed by atoms with van der Waals surface area (Å²) >= 11 is 0. The van der Waals surface area contributed by atoms with Gasteiger partial charge in [-0.15, -0.1) is 0 Å². The number of anilines is 2. The van der Waals surface area contributed by atoms with Crippen LogP contribution in [-0.4, -0.2) is 34.3 Å². The van der Waals surface area contributed by atoms with Crippen molar-refractivity contribution < 1.29 is 14.6 Å². The summed E-state index contributed by atoms with van der Waals surface area (Å²) in [5.41, 5.74) is 1.92. The van der Waals surface area contributed by atoms with E-state index < -0.39 is 0 Å². The van der Waals surface area contributed by atoms with Crippen LogP contribution in [0.3, 0.4) is 0 Å². The Bertz CT molecular complexity index is 690. The fraction of sp³-hybridized carbons (Fsp3) is 0.312. The maximum atomic E-state index is 11.6. The van der Waals surface area contributed by atoms with Gasteiger partial charge in [0.2, 0.25) is 5.95 Å². The molecule has 3 rings (SSSR count). The second kappa shape index (κ2) is 6.62. The Kier molecular flexibility index (Phi) is 4.38. The number of benzene rings is 1. The zero-order valence-corrected chi connectivity index (χ0v) is 12.8. The first-order valence-corrected chi connectivity index (χ1v) is 7.41. The molecule has 0 aliphatic carbocycles. The van der Waals surface area contributed by atoms with Gasteiger partial charge in [0.05, 0.1) is 19.2 Å². The predicted octanol–water partition coefficient (Wildman–Crippen LogP) is 2.10. The number of hydrogen-bond acceptors (Lipinski definition) is 6. The zero-order valence-electron chi connectivity index (χ0n) is 12.8. The summed E-state index contributed by atoms with van der Waals surface area (Å²) in [7, 11) is 0. The lowest BCUT2D eigenvalue weighted by Gasteiger charge is -2.16. The predicted molar refractivity (Wildman–Crippen MR) is 85.1 cm³/mol. The number of aliphatic hydroxyl groups is 1. The number of aromatic nitrogens is 2. The molecular formula is C16H18N4O3. The number of hydrogen-bond donors (Lipinski definition) is 2. The minimum atomic E-state index is -0.387. The second-order valence-electron chi connectivity index (χ2n) is 5.27. The van der Waals surface area contributed by atoms with E-state index in [9.17, 15) is 4.79 Å². The molecule has 120 valence electrons. The molecule has 0 unspecified atom stereocenters. The average molecular weight is 314 g/mol. The molecule has 2 N–H and O–H groups in total. The van der Waals surface area contributed by atoms with E-state index in [-0.39, 0.29) is 18.7 Å². The number of nitrogens with zero attached hydrogens (tertiary/aromatic N) is 3. The van der Waals surface area contributed by atoms with Crippen LogP contribution < -0.4 is 10.2 Å². The molecule has 7 nitrogen and oxygen atoms in total. The van der Waals surface area contributed by atoms with Gasteiger partial charge in [0.25, 0.3) is 0 Å². The van der Waals surface area contributed by atoms with Crippen LogP contribution >= 0.6 is 0 Å². The number of carbonyl (C=O) groups excluding carboxylic acids is 1. The number of nitrogens with one attached hydrogen (secondary N) is 1. The van der Waals surface area contributed by atoms with E-state index in [2.05, 4.69) is 15.3 Å². The molecule has 0 saturated carbocycles. The van der Waals surface area contributed by atoms with Gasteiger partial charge >= 0.3 is 6.09 Å². The first-order chi connectivity index (χ1) is 11.2. The van der Waals surface area contributed by atoms with Crippen molar-refractivity contribution in [2.75, 3.05) is 23.4 Å². The van der Waals surface area contributed by atoms with Crippen molar-refractivity contribution in [3.8, 4) is 0 Å². The molecule has 1 aromatic heterocycles. The third-order valence-corrected chi connectivity index (χ3v) is 3.69. The quantitative estimate of drug-likeness (QED) is 0.879. The van der Waals surface area contributed by atoms with Gasteiger partial charge in [-0.1, -0.05) is 24.3 Å². The molecule has 0 spiro atoms. The van der Waals surface area contributed by atoms with Gasteiger partial charge in [0.1, 0.15) is 12.4 Å². The number of aliphatic hydroxyl groups excluding tert-OH is 1. The highest BCUT2D eigenvalue weighted by Gasteiger charge is 2.25. The van der Waals surface area contributed by atoms with Crippen LogP contribution in [0.15, 0.2) is 36.5 Å². The lowest BCUT2D eigenvalue weighted by molar-refractivity contribution is 0.181. The van der Waals surface area contributed by atoms with Crippen LogP contribution in [0.1, 0.15) is 24.1 Å². The average Bonchev–Trinajstić information content (AvgIpc) is 3.01. The molecule has 1 amide bonds. The molecule has 2 aromatic rings. The molecule has 1 fully saturated rings. The zero-order chi connectivity index (χ0) is 16.2. The van der Waals surface area contributed by atoms with E-state index in [1.165, 1.54) is 4.90 Å². The van der Waals surface area contributed by atoms with Gasteiger partial charge < -0.3 is 15.2 Å². The topological polar surface area (TPSA) is 87.6 Å². The number of amides is 1. The van der Waals surface area contributed by atoms with Crippen LogP contribution in [0.5, 0.6) is 0 Å². The molecule has 1 saturated heterocycles. The summed E-state index contributed by atoms with van der Waals surface area (Å²) in [6, 6.07) is 9.33. The van der Waals surface area contributed by atoms with Crippen molar-refractivity contribution in [3.63, 3.8) is 0 Å². The van der Waals surface area contributed by atoms with Gasteiger partial charge in [-0.25, -0.2) is 9.78 Å². The van der Waals surface area contributed by atoms with Crippen molar-refractivity contribution >= 4 is 17.9 Å². The maximum absolute atomic E-state index is 11.6. The smallest absolute Gasteiger partial charge is 0.415 e.